The minimum atomic E-state index is 0.767. The van der Waals surface area contributed by atoms with Gasteiger partial charge in [-0.05, 0) is 31.7 Å². The van der Waals surface area contributed by atoms with Gasteiger partial charge in [-0.25, -0.2) is 0 Å². The van der Waals surface area contributed by atoms with E-state index < -0.39 is 0 Å². The van der Waals surface area contributed by atoms with Crippen LogP contribution in [-0.2, 0) is 4.74 Å². The first-order chi connectivity index (χ1) is 7.31. The largest absolute Gasteiger partial charge is 0.379 e. The van der Waals surface area contributed by atoms with Crippen LogP contribution in [0.1, 0.15) is 33.1 Å². The van der Waals surface area contributed by atoms with Gasteiger partial charge in [-0.1, -0.05) is 13.8 Å². The zero-order chi connectivity index (χ0) is 10.7. The van der Waals surface area contributed by atoms with Crippen molar-refractivity contribution in [2.45, 2.75) is 49.7 Å². The summed E-state index contributed by atoms with van der Waals surface area (Å²) in [6, 6.07) is 0.767. The molecule has 2 fully saturated rings. The molecule has 1 saturated carbocycles. The minimum absolute atomic E-state index is 0.767. The Labute approximate surface area is 97.5 Å². The molecule has 2 nitrogen and oxygen atoms in total. The number of ether oxygens (including phenoxy) is 1. The molecular formula is C12H23NOS. The molecule has 1 N–H and O–H groups in total. The lowest BCUT2D eigenvalue weighted by Gasteiger charge is -2.30. The fourth-order valence-electron chi connectivity index (χ4n) is 2.48. The van der Waals surface area contributed by atoms with Gasteiger partial charge < -0.3 is 10.1 Å². The molecule has 0 bridgehead atoms. The maximum absolute atomic E-state index is 5.24. The van der Waals surface area contributed by atoms with Gasteiger partial charge in [0.15, 0.2) is 0 Å². The average molecular weight is 229 g/mol. The smallest absolute Gasteiger partial charge is 0.0608 e. The van der Waals surface area contributed by atoms with E-state index in [-0.39, 0.29) is 0 Å². The van der Waals surface area contributed by atoms with Gasteiger partial charge in [-0.3, -0.25) is 0 Å². The van der Waals surface area contributed by atoms with E-state index in [0.29, 0.717) is 0 Å². The van der Waals surface area contributed by atoms with E-state index in [9.17, 15) is 0 Å². The monoisotopic (exact) mass is 229 g/mol. The van der Waals surface area contributed by atoms with E-state index in [1.807, 2.05) is 0 Å². The molecule has 0 amide bonds. The summed E-state index contributed by atoms with van der Waals surface area (Å²) in [6.45, 7) is 7.81. The Morgan fingerprint density at radius 1 is 1.33 bits per heavy atom. The predicted molar refractivity (Wildman–Crippen MR) is 66.5 cm³/mol. The zero-order valence-electron chi connectivity index (χ0n) is 9.87. The van der Waals surface area contributed by atoms with Crippen molar-refractivity contribution in [3.63, 3.8) is 0 Å². The summed E-state index contributed by atoms with van der Waals surface area (Å²) in [5.41, 5.74) is 0. The third kappa shape index (κ3) is 2.89. The van der Waals surface area contributed by atoms with E-state index in [0.717, 1.165) is 35.7 Å². The molecule has 1 saturated heterocycles. The highest BCUT2D eigenvalue weighted by molar-refractivity contribution is 8.00. The van der Waals surface area contributed by atoms with E-state index in [4.69, 9.17) is 4.74 Å². The summed E-state index contributed by atoms with van der Waals surface area (Å²) >= 11 is 2.17. The summed E-state index contributed by atoms with van der Waals surface area (Å²) < 4.78 is 5.24. The van der Waals surface area contributed by atoms with Crippen molar-refractivity contribution in [3.8, 4) is 0 Å². The fourth-order valence-corrected chi connectivity index (χ4v) is 4.03. The average Bonchev–Trinajstić information content (AvgIpc) is 2.51. The van der Waals surface area contributed by atoms with E-state index >= 15 is 0 Å². The normalized spacial score (nSPS) is 36.8. The van der Waals surface area contributed by atoms with Crippen molar-refractivity contribution in [2.24, 2.45) is 5.92 Å². The van der Waals surface area contributed by atoms with Crippen molar-refractivity contribution in [2.75, 3.05) is 19.8 Å². The molecule has 3 atom stereocenters. The first kappa shape index (κ1) is 11.7. The molecule has 3 unspecified atom stereocenters. The molecule has 3 heteroatoms. The highest BCUT2D eigenvalue weighted by Gasteiger charge is 2.35. The van der Waals surface area contributed by atoms with Crippen LogP contribution in [0, 0.1) is 5.92 Å². The maximum Gasteiger partial charge on any atom is 0.0608 e. The van der Waals surface area contributed by atoms with Gasteiger partial charge in [0.2, 0.25) is 0 Å². The zero-order valence-corrected chi connectivity index (χ0v) is 10.7. The van der Waals surface area contributed by atoms with Gasteiger partial charge in [0.1, 0.15) is 0 Å². The molecule has 2 rings (SSSR count). The number of rotatable bonds is 5. The topological polar surface area (TPSA) is 21.3 Å². The van der Waals surface area contributed by atoms with Crippen molar-refractivity contribution in [3.05, 3.63) is 0 Å². The Morgan fingerprint density at radius 2 is 2.13 bits per heavy atom. The third-order valence-corrected chi connectivity index (χ3v) is 5.29. The highest BCUT2D eigenvalue weighted by Crippen LogP contribution is 2.38. The number of hydrogen-bond donors (Lipinski definition) is 1. The number of hydrogen-bond acceptors (Lipinski definition) is 3. The van der Waals surface area contributed by atoms with E-state index in [1.54, 1.807) is 0 Å². The van der Waals surface area contributed by atoms with Crippen LogP contribution < -0.4 is 5.32 Å². The highest BCUT2D eigenvalue weighted by atomic mass is 32.2. The number of nitrogens with one attached hydrogen (secondary N) is 1. The SMILES string of the molecule is CCCNC1CCC(SC2COC2)C1C. The first-order valence-electron chi connectivity index (χ1n) is 6.28. The molecule has 0 aromatic heterocycles. The summed E-state index contributed by atoms with van der Waals surface area (Å²) in [6.07, 6.45) is 4.01. The van der Waals surface area contributed by atoms with Crippen molar-refractivity contribution in [1.29, 1.82) is 0 Å². The van der Waals surface area contributed by atoms with Crippen molar-refractivity contribution in [1.82, 2.24) is 5.32 Å². The fraction of sp³-hybridized carbons (Fsp3) is 1.00. The van der Waals surface area contributed by atoms with Gasteiger partial charge >= 0.3 is 0 Å². The van der Waals surface area contributed by atoms with Crippen LogP contribution in [0.4, 0.5) is 0 Å². The molecule has 0 spiro atoms. The number of thioether (sulfide) groups is 1. The van der Waals surface area contributed by atoms with E-state index in [2.05, 4.69) is 30.9 Å². The van der Waals surface area contributed by atoms with Crippen LogP contribution in [0.2, 0.25) is 0 Å². The van der Waals surface area contributed by atoms with Gasteiger partial charge in [0, 0.05) is 11.3 Å². The Bertz CT molecular complexity index is 196. The molecule has 1 aliphatic heterocycles. The molecule has 0 aromatic carbocycles. The van der Waals surface area contributed by atoms with Crippen LogP contribution in [0.5, 0.6) is 0 Å². The first-order valence-corrected chi connectivity index (χ1v) is 7.22. The van der Waals surface area contributed by atoms with Gasteiger partial charge in [0.05, 0.1) is 18.5 Å². The summed E-state index contributed by atoms with van der Waals surface area (Å²) in [5, 5.41) is 5.34. The lowest BCUT2D eigenvalue weighted by molar-refractivity contribution is 0.0452. The second kappa shape index (κ2) is 5.55. The van der Waals surface area contributed by atoms with Crippen LogP contribution in [0.3, 0.4) is 0 Å². The lowest BCUT2D eigenvalue weighted by atomic mass is 10.1. The Hall–Kier alpha value is 0.270. The second-order valence-corrected chi connectivity index (χ2v) is 6.38. The van der Waals surface area contributed by atoms with Crippen LogP contribution in [-0.4, -0.2) is 36.3 Å². The molecule has 1 aliphatic carbocycles. The molecule has 88 valence electrons. The molecule has 0 aromatic rings. The second-order valence-electron chi connectivity index (χ2n) is 4.83. The summed E-state index contributed by atoms with van der Waals surface area (Å²) in [7, 11) is 0. The summed E-state index contributed by atoms with van der Waals surface area (Å²) in [5.74, 6) is 0.835. The van der Waals surface area contributed by atoms with Crippen LogP contribution >= 0.6 is 11.8 Å². The van der Waals surface area contributed by atoms with E-state index in [1.165, 1.54) is 25.8 Å². The van der Waals surface area contributed by atoms with Gasteiger partial charge in [-0.15, -0.1) is 11.8 Å². The van der Waals surface area contributed by atoms with Crippen LogP contribution in [0.25, 0.3) is 0 Å². The third-order valence-electron chi connectivity index (χ3n) is 3.61. The molecule has 1 heterocycles. The molecule has 0 radical (unpaired) electrons. The summed E-state index contributed by atoms with van der Waals surface area (Å²) in [4.78, 5) is 0. The Balaban J connectivity index is 1.73. The van der Waals surface area contributed by atoms with Gasteiger partial charge in [0.25, 0.3) is 0 Å². The minimum Gasteiger partial charge on any atom is -0.379 e. The van der Waals surface area contributed by atoms with Crippen molar-refractivity contribution >= 4 is 11.8 Å². The Morgan fingerprint density at radius 3 is 2.73 bits per heavy atom. The molecule has 2 aliphatic rings. The lowest BCUT2D eigenvalue weighted by Crippen LogP contribution is -2.36. The molecular weight excluding hydrogens is 206 g/mol. The van der Waals surface area contributed by atoms with Crippen molar-refractivity contribution < 1.29 is 4.74 Å². The molecule has 15 heavy (non-hydrogen) atoms. The standard InChI is InChI=1S/C12H23NOS/c1-3-6-13-11-4-5-12(9(11)2)15-10-7-14-8-10/h9-13H,3-8H2,1-2H3. The maximum atomic E-state index is 5.24. The quantitative estimate of drug-likeness (QED) is 0.781. The predicted octanol–water partition coefficient (Wildman–Crippen LogP) is 2.29. The van der Waals surface area contributed by atoms with Crippen LogP contribution in [0.15, 0.2) is 0 Å². The Kier molecular flexibility index (Phi) is 4.35. The van der Waals surface area contributed by atoms with Gasteiger partial charge in [-0.2, -0.15) is 0 Å².